The van der Waals surface area contributed by atoms with E-state index < -0.39 is 10.0 Å². The van der Waals surface area contributed by atoms with E-state index in [1.807, 2.05) is 0 Å². The van der Waals surface area contributed by atoms with Crippen LogP contribution >= 0.6 is 11.3 Å². The summed E-state index contributed by atoms with van der Waals surface area (Å²) < 4.78 is 24.3. The number of aromatic nitrogens is 1. The molecule has 0 bridgehead atoms. The van der Waals surface area contributed by atoms with Crippen LogP contribution in [0.3, 0.4) is 0 Å². The van der Waals surface area contributed by atoms with E-state index in [2.05, 4.69) is 44.6 Å². The third-order valence-electron chi connectivity index (χ3n) is 2.80. The molecule has 0 fully saturated rings. The number of guanidine groups is 1. The van der Waals surface area contributed by atoms with E-state index in [0.29, 0.717) is 37.9 Å². The molecule has 1 heterocycles. The minimum absolute atomic E-state index is 0.410. The van der Waals surface area contributed by atoms with Crippen molar-refractivity contribution in [2.45, 2.75) is 32.7 Å². The van der Waals surface area contributed by atoms with E-state index in [0.717, 1.165) is 17.0 Å². The minimum Gasteiger partial charge on any atom is -0.356 e. The van der Waals surface area contributed by atoms with Crippen LogP contribution < -0.4 is 15.4 Å². The van der Waals surface area contributed by atoms with Crippen LogP contribution in [-0.4, -0.2) is 45.8 Å². The summed E-state index contributed by atoms with van der Waals surface area (Å²) in [7, 11) is -1.41. The first-order chi connectivity index (χ1) is 10.3. The Morgan fingerprint density at radius 2 is 2.09 bits per heavy atom. The zero-order chi connectivity index (χ0) is 16.6. The predicted octanol–water partition coefficient (Wildman–Crippen LogP) is 0.871. The molecule has 0 amide bonds. The smallest absolute Gasteiger partial charge is 0.208 e. The number of thiazole rings is 1. The molecule has 126 valence electrons. The number of nitrogens with one attached hydrogen (secondary N) is 3. The number of nitrogens with zero attached hydrogens (tertiary/aromatic N) is 2. The zero-order valence-corrected chi connectivity index (χ0v) is 15.1. The quantitative estimate of drug-likeness (QED) is 0.368. The number of hydrogen-bond acceptors (Lipinski definition) is 5. The Labute approximate surface area is 136 Å². The highest BCUT2D eigenvalue weighted by molar-refractivity contribution is 7.88. The van der Waals surface area contributed by atoms with Gasteiger partial charge >= 0.3 is 0 Å². The van der Waals surface area contributed by atoms with Crippen molar-refractivity contribution in [3.63, 3.8) is 0 Å². The summed E-state index contributed by atoms with van der Waals surface area (Å²) in [4.78, 5) is 8.67. The van der Waals surface area contributed by atoms with Crippen molar-refractivity contribution in [1.29, 1.82) is 0 Å². The van der Waals surface area contributed by atoms with Crippen molar-refractivity contribution in [3.05, 3.63) is 16.1 Å². The molecule has 0 aliphatic rings. The summed E-state index contributed by atoms with van der Waals surface area (Å²) in [6.07, 6.45) is 1.84. The second-order valence-electron chi connectivity index (χ2n) is 5.19. The second-order valence-corrected chi connectivity index (χ2v) is 7.97. The molecule has 1 aromatic heterocycles. The molecule has 0 aliphatic heterocycles. The fourth-order valence-corrected chi connectivity index (χ4v) is 3.01. The molecular weight excluding hydrogens is 322 g/mol. The van der Waals surface area contributed by atoms with Crippen LogP contribution in [0, 0.1) is 0 Å². The highest BCUT2D eigenvalue weighted by Gasteiger charge is 2.06. The molecule has 7 nitrogen and oxygen atoms in total. The van der Waals surface area contributed by atoms with E-state index in [-0.39, 0.29) is 0 Å². The lowest BCUT2D eigenvalue weighted by molar-refractivity contribution is 0.584. The Kier molecular flexibility index (Phi) is 7.77. The molecular formula is C13H25N5O2S2. The van der Waals surface area contributed by atoms with Crippen LogP contribution in [0.1, 0.15) is 36.9 Å². The first-order valence-corrected chi connectivity index (χ1v) is 9.92. The van der Waals surface area contributed by atoms with Crippen molar-refractivity contribution in [3.8, 4) is 0 Å². The lowest BCUT2D eigenvalue weighted by Crippen LogP contribution is -2.38. The minimum atomic E-state index is -3.11. The van der Waals surface area contributed by atoms with Crippen molar-refractivity contribution < 1.29 is 8.42 Å². The molecule has 3 N–H and O–H groups in total. The first-order valence-electron chi connectivity index (χ1n) is 7.15. The molecule has 0 spiro atoms. The largest absolute Gasteiger partial charge is 0.356 e. The van der Waals surface area contributed by atoms with E-state index in [1.54, 1.807) is 18.4 Å². The summed E-state index contributed by atoms with van der Waals surface area (Å²) in [6.45, 7) is 5.91. The molecule has 0 saturated heterocycles. The lowest BCUT2D eigenvalue weighted by atomic mass is 10.2. The summed E-state index contributed by atoms with van der Waals surface area (Å²) >= 11 is 1.63. The average molecular weight is 348 g/mol. The molecule has 0 aromatic carbocycles. The van der Waals surface area contributed by atoms with E-state index in [1.165, 1.54) is 0 Å². The number of hydrogen-bond donors (Lipinski definition) is 3. The van der Waals surface area contributed by atoms with Gasteiger partial charge in [-0.3, -0.25) is 4.99 Å². The van der Waals surface area contributed by atoms with E-state index >= 15 is 0 Å². The molecule has 22 heavy (non-hydrogen) atoms. The maximum atomic E-state index is 10.9. The summed E-state index contributed by atoms with van der Waals surface area (Å²) in [6, 6.07) is 0. The molecule has 9 heteroatoms. The fourth-order valence-electron chi connectivity index (χ4n) is 1.60. The summed E-state index contributed by atoms with van der Waals surface area (Å²) in [5.41, 5.74) is 1.11. The molecule has 1 aromatic rings. The maximum absolute atomic E-state index is 10.9. The Balaban J connectivity index is 2.27. The Bertz CT molecular complexity index is 581. The Morgan fingerprint density at radius 3 is 2.64 bits per heavy atom. The average Bonchev–Trinajstić information content (AvgIpc) is 2.89. The van der Waals surface area contributed by atoms with Gasteiger partial charge in [0.15, 0.2) is 5.96 Å². The van der Waals surface area contributed by atoms with Gasteiger partial charge < -0.3 is 10.6 Å². The fraction of sp³-hybridized carbons (Fsp3) is 0.692. The molecule has 0 saturated carbocycles. The lowest BCUT2D eigenvalue weighted by Gasteiger charge is -2.10. The van der Waals surface area contributed by atoms with Gasteiger partial charge in [-0.25, -0.2) is 18.1 Å². The van der Waals surface area contributed by atoms with Gasteiger partial charge in [0.2, 0.25) is 10.0 Å². The van der Waals surface area contributed by atoms with E-state index in [9.17, 15) is 8.42 Å². The van der Waals surface area contributed by atoms with Crippen LogP contribution in [0.5, 0.6) is 0 Å². The number of sulfonamides is 1. The molecule has 0 unspecified atom stereocenters. The van der Waals surface area contributed by atoms with Gasteiger partial charge in [-0.1, -0.05) is 13.8 Å². The topological polar surface area (TPSA) is 95.5 Å². The monoisotopic (exact) mass is 347 g/mol. The van der Waals surface area contributed by atoms with Crippen molar-refractivity contribution in [2.24, 2.45) is 4.99 Å². The predicted molar refractivity (Wildman–Crippen MR) is 91.9 cm³/mol. The van der Waals surface area contributed by atoms with Gasteiger partial charge in [-0.05, 0) is 12.3 Å². The highest BCUT2D eigenvalue weighted by atomic mass is 32.2. The number of rotatable bonds is 8. The molecule has 0 atom stereocenters. The molecule has 1 rings (SSSR count). The van der Waals surface area contributed by atoms with Crippen molar-refractivity contribution in [2.75, 3.05) is 26.4 Å². The third kappa shape index (κ3) is 7.71. The van der Waals surface area contributed by atoms with Gasteiger partial charge in [0, 0.05) is 25.5 Å². The van der Waals surface area contributed by atoms with Gasteiger partial charge in [-0.15, -0.1) is 11.3 Å². The van der Waals surface area contributed by atoms with Crippen LogP contribution in [0.4, 0.5) is 0 Å². The first kappa shape index (κ1) is 18.9. The standard InChI is InChI=1S/C13H25N5O2S2/c1-10(2)11-9-21-12(18-11)8-16-13(14-3)15-6-5-7-17-22(4,19)20/h9-10,17H,5-8H2,1-4H3,(H2,14,15,16). The normalized spacial score (nSPS) is 12.7. The second kappa shape index (κ2) is 9.06. The van der Waals surface area contributed by atoms with Crippen LogP contribution in [0.2, 0.25) is 0 Å². The zero-order valence-electron chi connectivity index (χ0n) is 13.5. The third-order valence-corrected chi connectivity index (χ3v) is 4.40. The van der Waals surface area contributed by atoms with Crippen molar-refractivity contribution in [1.82, 2.24) is 20.3 Å². The van der Waals surface area contributed by atoms with Crippen molar-refractivity contribution >= 4 is 27.3 Å². The van der Waals surface area contributed by atoms with Gasteiger partial charge in [0.1, 0.15) is 5.01 Å². The van der Waals surface area contributed by atoms with Gasteiger partial charge in [0.05, 0.1) is 18.5 Å². The highest BCUT2D eigenvalue weighted by Crippen LogP contribution is 2.17. The Hall–Kier alpha value is -1.19. The Morgan fingerprint density at radius 1 is 1.36 bits per heavy atom. The molecule has 0 radical (unpaired) electrons. The summed E-state index contributed by atoms with van der Waals surface area (Å²) in [5.74, 6) is 1.12. The van der Waals surface area contributed by atoms with Crippen LogP contribution in [0.15, 0.2) is 10.4 Å². The summed E-state index contributed by atoms with van der Waals surface area (Å²) in [5, 5.41) is 9.43. The van der Waals surface area contributed by atoms with E-state index in [4.69, 9.17) is 0 Å². The van der Waals surface area contributed by atoms with Gasteiger partial charge in [0.25, 0.3) is 0 Å². The van der Waals surface area contributed by atoms with Gasteiger partial charge in [-0.2, -0.15) is 0 Å². The number of aliphatic imine (C=N–C) groups is 1. The maximum Gasteiger partial charge on any atom is 0.208 e. The van der Waals surface area contributed by atoms with Crippen LogP contribution in [-0.2, 0) is 16.6 Å². The SMILES string of the molecule is CN=C(NCCCNS(C)(=O)=O)NCc1nc(C(C)C)cs1. The van der Waals surface area contributed by atoms with Crippen LogP contribution in [0.25, 0.3) is 0 Å². The molecule has 0 aliphatic carbocycles.